The van der Waals surface area contributed by atoms with Crippen LogP contribution in [0.1, 0.15) is 66.7 Å². The smallest absolute Gasteiger partial charge is 0.256 e. The summed E-state index contributed by atoms with van der Waals surface area (Å²) >= 11 is 1.30. The van der Waals surface area contributed by atoms with Gasteiger partial charge in [0.05, 0.1) is 18.1 Å². The van der Waals surface area contributed by atoms with Crippen LogP contribution in [-0.2, 0) is 23.9 Å². The number of ether oxygens (including phenoxy) is 1. The summed E-state index contributed by atoms with van der Waals surface area (Å²) in [6.45, 7) is 9.93. The summed E-state index contributed by atoms with van der Waals surface area (Å²) in [6, 6.07) is -1.83. The van der Waals surface area contributed by atoms with Gasteiger partial charge in [0.25, 0.3) is 5.91 Å². The number of primary amides is 1. The van der Waals surface area contributed by atoms with Gasteiger partial charge in [0.15, 0.2) is 5.37 Å². The van der Waals surface area contributed by atoms with Crippen LogP contribution in [0.15, 0.2) is 12.2 Å². The maximum atomic E-state index is 13.8. The SMILES string of the molecule is C/C=C/C[C@@H](C)[C@@H](O)CC(=O)N[C@@H](CC)C(=O)N(C)[C@H](SCCCN(C)C)C(=O)N(C)[C@@H](CC(C)(C)OC)C(N)=O. The number of nitrogens with zero attached hydrogens (tertiary/aromatic N) is 3. The van der Waals surface area contributed by atoms with Gasteiger partial charge in [0.1, 0.15) is 12.1 Å². The highest BCUT2D eigenvalue weighted by Crippen LogP contribution is 2.24. The maximum absolute atomic E-state index is 13.8. The molecule has 238 valence electrons. The van der Waals surface area contributed by atoms with E-state index >= 15 is 0 Å². The highest BCUT2D eigenvalue weighted by Gasteiger charge is 2.38. The van der Waals surface area contributed by atoms with Gasteiger partial charge >= 0.3 is 0 Å². The van der Waals surface area contributed by atoms with E-state index in [4.69, 9.17) is 10.5 Å². The molecule has 4 amide bonds. The number of methoxy groups -OCH3 is 1. The molecule has 0 aliphatic heterocycles. The molecule has 0 aromatic rings. The Labute approximate surface area is 251 Å². The van der Waals surface area contributed by atoms with E-state index in [1.165, 1.54) is 42.8 Å². The topological polar surface area (TPSA) is 146 Å². The van der Waals surface area contributed by atoms with Gasteiger partial charge in [-0.3, -0.25) is 19.2 Å². The van der Waals surface area contributed by atoms with Crippen molar-refractivity contribution in [3.63, 3.8) is 0 Å². The van der Waals surface area contributed by atoms with E-state index < -0.39 is 52.8 Å². The molecule has 0 radical (unpaired) electrons. The number of allylic oxidation sites excluding steroid dienone is 2. The molecular weight excluding hydrogens is 546 g/mol. The minimum atomic E-state index is -0.946. The van der Waals surface area contributed by atoms with Crippen LogP contribution < -0.4 is 11.1 Å². The zero-order valence-electron chi connectivity index (χ0n) is 26.8. The number of aliphatic hydroxyl groups is 1. The Hall–Kier alpha value is -2.15. The minimum Gasteiger partial charge on any atom is -0.392 e. The Kier molecular flexibility index (Phi) is 18.1. The summed E-state index contributed by atoms with van der Waals surface area (Å²) in [5.74, 6) is -1.51. The van der Waals surface area contributed by atoms with Crippen LogP contribution in [0.4, 0.5) is 0 Å². The molecule has 41 heavy (non-hydrogen) atoms. The van der Waals surface area contributed by atoms with Crippen LogP contribution in [0.3, 0.4) is 0 Å². The van der Waals surface area contributed by atoms with Crippen molar-refractivity contribution in [2.75, 3.05) is 47.6 Å². The number of amides is 4. The highest BCUT2D eigenvalue weighted by molar-refractivity contribution is 8.00. The third-order valence-electron chi connectivity index (χ3n) is 7.15. The van der Waals surface area contributed by atoms with Gasteiger partial charge in [-0.05, 0) is 72.3 Å². The first-order valence-electron chi connectivity index (χ1n) is 14.3. The van der Waals surface area contributed by atoms with E-state index in [0.717, 1.165) is 13.0 Å². The van der Waals surface area contributed by atoms with E-state index in [1.807, 2.05) is 45.0 Å². The molecule has 0 unspecified atom stereocenters. The Bertz CT molecular complexity index is 869. The lowest BCUT2D eigenvalue weighted by atomic mass is 9.97. The molecular formula is C29H55N5O6S. The lowest BCUT2D eigenvalue weighted by Crippen LogP contribution is -2.57. The Morgan fingerprint density at radius 3 is 2.20 bits per heavy atom. The molecule has 0 aromatic carbocycles. The number of nitrogens with one attached hydrogen (secondary N) is 1. The lowest BCUT2D eigenvalue weighted by molar-refractivity contribution is -0.146. The fourth-order valence-electron chi connectivity index (χ4n) is 4.08. The summed E-state index contributed by atoms with van der Waals surface area (Å²) in [5.41, 5.74) is 4.98. The van der Waals surface area contributed by atoms with Crippen molar-refractivity contribution in [3.8, 4) is 0 Å². The third-order valence-corrected chi connectivity index (χ3v) is 8.51. The first-order chi connectivity index (χ1) is 19.0. The maximum Gasteiger partial charge on any atom is 0.256 e. The molecule has 0 aliphatic carbocycles. The van der Waals surface area contributed by atoms with Gasteiger partial charge in [-0.1, -0.05) is 26.0 Å². The molecule has 0 fully saturated rings. The summed E-state index contributed by atoms with van der Waals surface area (Å²) in [7, 11) is 8.47. The van der Waals surface area contributed by atoms with Gasteiger partial charge in [0, 0.05) is 27.6 Å². The van der Waals surface area contributed by atoms with E-state index in [9.17, 15) is 24.3 Å². The van der Waals surface area contributed by atoms with E-state index in [-0.39, 0.29) is 18.8 Å². The molecule has 0 saturated heterocycles. The Balaban J connectivity index is 5.86. The van der Waals surface area contributed by atoms with Gasteiger partial charge in [-0.15, -0.1) is 11.8 Å². The second kappa shape index (κ2) is 19.1. The fraction of sp³-hybridized carbons (Fsp3) is 0.793. The molecule has 0 heterocycles. The van der Waals surface area contributed by atoms with Crippen LogP contribution in [0.2, 0.25) is 0 Å². The molecule has 5 atom stereocenters. The molecule has 12 heteroatoms. The van der Waals surface area contributed by atoms with Crippen LogP contribution in [-0.4, -0.2) is 120 Å². The summed E-state index contributed by atoms with van der Waals surface area (Å²) in [6.07, 6.45) is 4.73. The number of aliphatic hydroxyl groups excluding tert-OH is 1. The second-order valence-corrected chi connectivity index (χ2v) is 12.6. The van der Waals surface area contributed by atoms with E-state index in [0.29, 0.717) is 18.6 Å². The molecule has 0 aliphatic rings. The molecule has 4 N–H and O–H groups in total. The van der Waals surface area contributed by atoms with Gasteiger partial charge < -0.3 is 35.6 Å². The Morgan fingerprint density at radius 2 is 1.71 bits per heavy atom. The van der Waals surface area contributed by atoms with Crippen LogP contribution >= 0.6 is 11.8 Å². The number of thioether (sulfide) groups is 1. The third kappa shape index (κ3) is 14.0. The van der Waals surface area contributed by atoms with Crippen LogP contribution in [0.25, 0.3) is 0 Å². The minimum absolute atomic E-state index is 0.118. The summed E-state index contributed by atoms with van der Waals surface area (Å²) in [5, 5.41) is 12.2. The number of nitrogens with two attached hydrogens (primary N) is 1. The van der Waals surface area contributed by atoms with Crippen molar-refractivity contribution in [1.29, 1.82) is 0 Å². The average Bonchev–Trinajstić information content (AvgIpc) is 2.91. The predicted molar refractivity (Wildman–Crippen MR) is 165 cm³/mol. The predicted octanol–water partition coefficient (Wildman–Crippen LogP) is 1.83. The summed E-state index contributed by atoms with van der Waals surface area (Å²) in [4.78, 5) is 57.2. The fourth-order valence-corrected chi connectivity index (χ4v) is 5.24. The Morgan fingerprint density at radius 1 is 1.10 bits per heavy atom. The van der Waals surface area contributed by atoms with Crippen molar-refractivity contribution >= 4 is 35.4 Å². The highest BCUT2D eigenvalue weighted by atomic mass is 32.2. The number of carbonyl (C=O) groups is 4. The van der Waals surface area contributed by atoms with Gasteiger partial charge in [-0.25, -0.2) is 0 Å². The molecule has 11 nitrogen and oxygen atoms in total. The van der Waals surface area contributed by atoms with Crippen LogP contribution in [0.5, 0.6) is 0 Å². The standard InChI is InChI=1S/C29H55N5O6S/c1-11-13-15-20(3)23(35)18-24(36)31-21(12-2)26(38)34(9)28(41-17-14-16-32(6)7)27(39)33(8)22(25(30)37)19-29(4,5)40-10/h11,13,20-23,28,35H,12,14-19H2,1-10H3,(H2,30,37)(H,31,36)/b13-11+/t20-,21+,22+,23+,28-/m1/s1. The van der Waals surface area contributed by atoms with E-state index in [2.05, 4.69) is 5.32 Å². The second-order valence-electron chi connectivity index (χ2n) is 11.4. The van der Waals surface area contributed by atoms with Crippen molar-refractivity contribution in [2.45, 2.75) is 95.9 Å². The largest absolute Gasteiger partial charge is 0.392 e. The summed E-state index contributed by atoms with van der Waals surface area (Å²) < 4.78 is 5.46. The van der Waals surface area contributed by atoms with Crippen LogP contribution in [0, 0.1) is 5.92 Å². The number of likely N-dealkylation sites (N-methyl/N-ethyl adjacent to an activating group) is 2. The van der Waals surface area contributed by atoms with Gasteiger partial charge in [-0.2, -0.15) is 0 Å². The number of hydrogen-bond donors (Lipinski definition) is 3. The quantitative estimate of drug-likeness (QED) is 0.109. The molecule has 0 rings (SSSR count). The van der Waals surface area contributed by atoms with Gasteiger partial charge in [0.2, 0.25) is 17.7 Å². The molecule has 0 aromatic heterocycles. The lowest BCUT2D eigenvalue weighted by Gasteiger charge is -2.37. The first-order valence-corrected chi connectivity index (χ1v) is 15.3. The van der Waals surface area contributed by atoms with Crippen molar-refractivity contribution in [1.82, 2.24) is 20.0 Å². The average molecular weight is 602 g/mol. The molecule has 0 spiro atoms. The van der Waals surface area contributed by atoms with E-state index in [1.54, 1.807) is 20.8 Å². The zero-order chi connectivity index (χ0) is 31.9. The zero-order valence-corrected chi connectivity index (χ0v) is 27.6. The van der Waals surface area contributed by atoms with Crippen molar-refractivity contribution < 1.29 is 29.0 Å². The van der Waals surface area contributed by atoms with Crippen molar-refractivity contribution in [2.24, 2.45) is 11.7 Å². The number of carbonyl (C=O) groups excluding carboxylic acids is 4. The monoisotopic (exact) mass is 601 g/mol. The molecule has 0 saturated carbocycles. The number of hydrogen-bond acceptors (Lipinski definition) is 8. The van der Waals surface area contributed by atoms with Crippen molar-refractivity contribution in [3.05, 3.63) is 12.2 Å². The normalized spacial score (nSPS) is 15.7. The first kappa shape index (κ1) is 38.9. The molecule has 0 bridgehead atoms. The number of rotatable bonds is 20.